The van der Waals surface area contributed by atoms with E-state index in [9.17, 15) is 0 Å². The van der Waals surface area contributed by atoms with Gasteiger partial charge in [0.1, 0.15) is 17.1 Å². The van der Waals surface area contributed by atoms with Gasteiger partial charge in [-0.15, -0.1) is 10.2 Å². The van der Waals surface area contributed by atoms with E-state index < -0.39 is 0 Å². The molecule has 5 nitrogen and oxygen atoms in total. The third kappa shape index (κ3) is 2.95. The maximum Gasteiger partial charge on any atom is 0.187 e. The van der Waals surface area contributed by atoms with Crippen molar-refractivity contribution in [1.82, 2.24) is 9.38 Å². The molecule has 0 fully saturated rings. The van der Waals surface area contributed by atoms with Crippen molar-refractivity contribution in [2.75, 3.05) is 7.11 Å². The fourth-order valence-corrected chi connectivity index (χ4v) is 2.87. The number of ether oxygens (including phenoxy) is 1. The second kappa shape index (κ2) is 6.80. The van der Waals surface area contributed by atoms with Crippen molar-refractivity contribution in [3.63, 3.8) is 0 Å². The summed E-state index contributed by atoms with van der Waals surface area (Å²) in [6, 6.07) is 21.5. The van der Waals surface area contributed by atoms with Crippen LogP contribution in [0.5, 0.6) is 5.75 Å². The molecule has 128 valence electrons. The van der Waals surface area contributed by atoms with Crippen LogP contribution in [0.15, 0.2) is 83.2 Å². The lowest BCUT2D eigenvalue weighted by Gasteiger charge is -2.08. The van der Waals surface area contributed by atoms with E-state index in [1.54, 1.807) is 7.11 Å². The number of rotatable bonds is 4. The molecular formula is C21H18N4O. The molecule has 0 aliphatic rings. The van der Waals surface area contributed by atoms with Crippen LogP contribution in [0.4, 0.5) is 11.5 Å². The summed E-state index contributed by atoms with van der Waals surface area (Å²) in [6.45, 7) is 2.05. The highest BCUT2D eigenvalue weighted by Crippen LogP contribution is 2.37. The molecule has 0 saturated carbocycles. The van der Waals surface area contributed by atoms with Gasteiger partial charge in [-0.1, -0.05) is 35.9 Å². The predicted molar refractivity (Wildman–Crippen MR) is 103 cm³/mol. The van der Waals surface area contributed by atoms with Crippen LogP contribution in [0.2, 0.25) is 0 Å². The number of aromatic nitrogens is 2. The van der Waals surface area contributed by atoms with Crippen molar-refractivity contribution < 1.29 is 4.74 Å². The van der Waals surface area contributed by atoms with Gasteiger partial charge >= 0.3 is 0 Å². The summed E-state index contributed by atoms with van der Waals surface area (Å²) in [4.78, 5) is 4.77. The molecule has 2 heterocycles. The van der Waals surface area contributed by atoms with Crippen molar-refractivity contribution in [3.05, 3.63) is 78.5 Å². The van der Waals surface area contributed by atoms with Crippen molar-refractivity contribution in [3.8, 4) is 17.0 Å². The van der Waals surface area contributed by atoms with E-state index in [2.05, 4.69) is 16.3 Å². The van der Waals surface area contributed by atoms with Crippen molar-refractivity contribution in [1.29, 1.82) is 0 Å². The van der Waals surface area contributed by atoms with E-state index in [1.807, 2.05) is 78.2 Å². The van der Waals surface area contributed by atoms with E-state index in [4.69, 9.17) is 9.72 Å². The largest absolute Gasteiger partial charge is 0.496 e. The first-order valence-electron chi connectivity index (χ1n) is 8.35. The lowest BCUT2D eigenvalue weighted by atomic mass is 10.1. The molecule has 5 heteroatoms. The van der Waals surface area contributed by atoms with Crippen molar-refractivity contribution in [2.45, 2.75) is 6.92 Å². The monoisotopic (exact) mass is 342 g/mol. The molecule has 0 atom stereocenters. The summed E-state index contributed by atoms with van der Waals surface area (Å²) in [5, 5.41) is 8.90. The molecule has 4 rings (SSSR count). The quantitative estimate of drug-likeness (QED) is 0.444. The van der Waals surface area contributed by atoms with Crippen LogP contribution >= 0.6 is 0 Å². The number of fused-ring (bicyclic) bond motifs is 1. The smallest absolute Gasteiger partial charge is 0.187 e. The number of methoxy groups -OCH3 is 1. The second-order valence-electron chi connectivity index (χ2n) is 5.95. The van der Waals surface area contributed by atoms with Gasteiger partial charge in [0.2, 0.25) is 0 Å². The van der Waals surface area contributed by atoms with E-state index >= 15 is 0 Å². The molecule has 0 radical (unpaired) electrons. The molecule has 0 bridgehead atoms. The van der Waals surface area contributed by atoms with Gasteiger partial charge in [0.15, 0.2) is 5.82 Å². The van der Waals surface area contributed by atoms with Crippen LogP contribution in [0.1, 0.15) is 5.56 Å². The molecule has 0 aliphatic heterocycles. The van der Waals surface area contributed by atoms with Crippen LogP contribution < -0.4 is 4.74 Å². The maximum atomic E-state index is 5.55. The summed E-state index contributed by atoms with van der Waals surface area (Å²) >= 11 is 0. The number of aryl methyl sites for hydroxylation is 1. The first-order chi connectivity index (χ1) is 12.8. The Morgan fingerprint density at radius 2 is 1.73 bits per heavy atom. The Morgan fingerprint density at radius 3 is 2.54 bits per heavy atom. The second-order valence-corrected chi connectivity index (χ2v) is 5.95. The van der Waals surface area contributed by atoms with Gasteiger partial charge in [0, 0.05) is 11.8 Å². The fraction of sp³-hybridized carbons (Fsp3) is 0.0952. The Balaban J connectivity index is 1.93. The highest BCUT2D eigenvalue weighted by Gasteiger charge is 2.17. The van der Waals surface area contributed by atoms with Gasteiger partial charge < -0.3 is 4.74 Å². The number of imidazole rings is 1. The van der Waals surface area contributed by atoms with Gasteiger partial charge in [-0.05, 0) is 43.3 Å². The highest BCUT2D eigenvalue weighted by molar-refractivity contribution is 5.79. The molecule has 26 heavy (non-hydrogen) atoms. The summed E-state index contributed by atoms with van der Waals surface area (Å²) in [6.07, 6.45) is 1.94. The first-order valence-corrected chi connectivity index (χ1v) is 8.35. The van der Waals surface area contributed by atoms with Gasteiger partial charge in [-0.2, -0.15) is 0 Å². The van der Waals surface area contributed by atoms with Crippen LogP contribution in [0, 0.1) is 6.92 Å². The number of azo groups is 1. The number of pyridine rings is 1. The third-order valence-electron chi connectivity index (χ3n) is 4.13. The SMILES string of the molecule is COc1ccc(C)cc1-c1nc2ccccn2c1N=Nc1ccccc1. The predicted octanol–water partition coefficient (Wildman–Crippen LogP) is 5.73. The molecule has 0 saturated heterocycles. The molecule has 0 spiro atoms. The molecule has 0 N–H and O–H groups in total. The minimum absolute atomic E-state index is 0.674. The molecule has 0 amide bonds. The van der Waals surface area contributed by atoms with Crippen LogP contribution in [0.25, 0.3) is 16.9 Å². The Hall–Kier alpha value is -3.47. The standard InChI is InChI=1S/C21H18N4O/c1-15-11-12-18(26-2)17(14-15)20-21(24-23-16-8-4-3-5-9-16)25-13-7-6-10-19(25)22-20/h3-14H,1-2H3. The number of nitrogens with zero attached hydrogens (tertiary/aromatic N) is 4. The number of hydrogen-bond donors (Lipinski definition) is 0. The van der Waals surface area contributed by atoms with E-state index in [0.717, 1.165) is 33.9 Å². The Kier molecular flexibility index (Phi) is 4.19. The minimum Gasteiger partial charge on any atom is -0.496 e. The third-order valence-corrected chi connectivity index (χ3v) is 4.13. The Bertz CT molecular complexity index is 1080. The van der Waals surface area contributed by atoms with Crippen molar-refractivity contribution in [2.24, 2.45) is 10.2 Å². The zero-order valence-corrected chi connectivity index (χ0v) is 14.6. The van der Waals surface area contributed by atoms with Gasteiger partial charge in [-0.3, -0.25) is 4.40 Å². The van der Waals surface area contributed by atoms with E-state index in [0.29, 0.717) is 5.82 Å². The zero-order chi connectivity index (χ0) is 17.9. The van der Waals surface area contributed by atoms with Gasteiger partial charge in [0.25, 0.3) is 0 Å². The van der Waals surface area contributed by atoms with Gasteiger partial charge in [0.05, 0.1) is 12.8 Å². The number of benzene rings is 2. The lowest BCUT2D eigenvalue weighted by Crippen LogP contribution is -1.89. The molecule has 4 aromatic rings. The first kappa shape index (κ1) is 16.0. The summed E-state index contributed by atoms with van der Waals surface area (Å²) in [7, 11) is 1.66. The molecular weight excluding hydrogens is 324 g/mol. The number of hydrogen-bond acceptors (Lipinski definition) is 4. The normalized spacial score (nSPS) is 11.3. The summed E-state index contributed by atoms with van der Waals surface area (Å²) < 4.78 is 7.48. The summed E-state index contributed by atoms with van der Waals surface area (Å²) in [5.41, 5.74) is 4.38. The van der Waals surface area contributed by atoms with Gasteiger partial charge in [-0.25, -0.2) is 4.98 Å². The van der Waals surface area contributed by atoms with Crippen LogP contribution in [-0.4, -0.2) is 16.5 Å². The average Bonchev–Trinajstić information content (AvgIpc) is 3.05. The van der Waals surface area contributed by atoms with Crippen molar-refractivity contribution >= 4 is 17.2 Å². The fourth-order valence-electron chi connectivity index (χ4n) is 2.87. The van der Waals surface area contributed by atoms with Crippen LogP contribution in [0.3, 0.4) is 0 Å². The van der Waals surface area contributed by atoms with E-state index in [1.165, 1.54) is 0 Å². The Morgan fingerprint density at radius 1 is 0.923 bits per heavy atom. The summed E-state index contributed by atoms with van der Waals surface area (Å²) in [5.74, 6) is 1.43. The molecule has 0 aliphatic carbocycles. The lowest BCUT2D eigenvalue weighted by molar-refractivity contribution is 0.416. The highest BCUT2D eigenvalue weighted by atomic mass is 16.5. The molecule has 0 unspecified atom stereocenters. The Labute approximate surface area is 151 Å². The minimum atomic E-state index is 0.674. The topological polar surface area (TPSA) is 51.2 Å². The molecule has 2 aromatic heterocycles. The van der Waals surface area contributed by atoms with Crippen LogP contribution in [-0.2, 0) is 0 Å². The van der Waals surface area contributed by atoms with E-state index in [-0.39, 0.29) is 0 Å². The molecule has 2 aromatic carbocycles. The zero-order valence-electron chi connectivity index (χ0n) is 14.6. The average molecular weight is 342 g/mol. The maximum absolute atomic E-state index is 5.55.